The molecule has 0 aliphatic rings. The summed E-state index contributed by atoms with van der Waals surface area (Å²) in [5, 5.41) is 0. The van der Waals surface area contributed by atoms with Crippen LogP contribution in [-0.4, -0.2) is 17.4 Å². The molecule has 3 nitrogen and oxygen atoms in total. The van der Waals surface area contributed by atoms with Crippen LogP contribution in [0.4, 0.5) is 0 Å². The highest BCUT2D eigenvalue weighted by molar-refractivity contribution is 5.97. The summed E-state index contributed by atoms with van der Waals surface area (Å²) >= 11 is 0. The first-order chi connectivity index (χ1) is 9.16. The molecule has 0 radical (unpaired) electrons. The maximum atomic E-state index is 11.6. The van der Waals surface area contributed by atoms with Gasteiger partial charge in [-0.3, -0.25) is 9.78 Å². The fourth-order valence-corrected chi connectivity index (χ4v) is 1.87. The van der Waals surface area contributed by atoms with Crippen LogP contribution in [0.15, 0.2) is 42.7 Å². The molecule has 0 atom stereocenters. The van der Waals surface area contributed by atoms with Crippen LogP contribution < -0.4 is 4.74 Å². The van der Waals surface area contributed by atoms with E-state index in [-0.39, 0.29) is 5.78 Å². The van der Waals surface area contributed by atoms with E-state index in [2.05, 4.69) is 4.98 Å². The summed E-state index contributed by atoms with van der Waals surface area (Å²) in [7, 11) is 0. The number of aromatic nitrogens is 1. The summed E-state index contributed by atoms with van der Waals surface area (Å²) < 4.78 is 5.71. The molecule has 0 saturated heterocycles. The first-order valence-electron chi connectivity index (χ1n) is 6.30. The van der Waals surface area contributed by atoms with Gasteiger partial charge in [-0.2, -0.15) is 0 Å². The number of rotatable bonds is 5. The van der Waals surface area contributed by atoms with E-state index in [0.29, 0.717) is 17.9 Å². The number of carbonyl (C=O) groups excluding carboxylic acids is 1. The molecule has 2 rings (SSSR count). The van der Waals surface area contributed by atoms with Crippen LogP contribution in [0.2, 0.25) is 0 Å². The van der Waals surface area contributed by atoms with Gasteiger partial charge in [0.15, 0.2) is 5.78 Å². The molecule has 3 heteroatoms. The van der Waals surface area contributed by atoms with Gasteiger partial charge in [0, 0.05) is 18.8 Å². The Morgan fingerprint density at radius 2 is 2.16 bits per heavy atom. The molecule has 0 fully saturated rings. The molecule has 1 heterocycles. The van der Waals surface area contributed by atoms with Crippen LogP contribution in [0.3, 0.4) is 0 Å². The minimum absolute atomic E-state index is 0.0278. The first-order valence-corrected chi connectivity index (χ1v) is 6.30. The SMILES string of the molecule is CC(=O)c1cc(C)ccc1OCCc1cccnc1. The lowest BCUT2D eigenvalue weighted by molar-refractivity contribution is 0.101. The largest absolute Gasteiger partial charge is 0.492 e. The molecule has 0 bridgehead atoms. The van der Waals surface area contributed by atoms with Crippen molar-refractivity contribution in [3.8, 4) is 5.75 Å². The predicted octanol–water partition coefficient (Wildman–Crippen LogP) is 3.21. The van der Waals surface area contributed by atoms with E-state index in [4.69, 9.17) is 4.74 Å². The van der Waals surface area contributed by atoms with Crippen LogP contribution in [0.5, 0.6) is 5.75 Å². The first kappa shape index (κ1) is 13.3. The van der Waals surface area contributed by atoms with E-state index in [1.54, 1.807) is 13.1 Å². The maximum absolute atomic E-state index is 11.6. The Morgan fingerprint density at radius 3 is 2.84 bits per heavy atom. The number of pyridine rings is 1. The molecule has 19 heavy (non-hydrogen) atoms. The van der Waals surface area contributed by atoms with Crippen molar-refractivity contribution in [3.05, 3.63) is 59.4 Å². The number of ether oxygens (including phenoxy) is 1. The molecule has 98 valence electrons. The maximum Gasteiger partial charge on any atom is 0.163 e. The lowest BCUT2D eigenvalue weighted by Crippen LogP contribution is -2.05. The van der Waals surface area contributed by atoms with Gasteiger partial charge in [-0.15, -0.1) is 0 Å². The summed E-state index contributed by atoms with van der Waals surface area (Å²) in [6.45, 7) is 4.06. The lowest BCUT2D eigenvalue weighted by Gasteiger charge is -2.10. The summed E-state index contributed by atoms with van der Waals surface area (Å²) in [5.74, 6) is 0.682. The van der Waals surface area contributed by atoms with Crippen molar-refractivity contribution in [3.63, 3.8) is 0 Å². The van der Waals surface area contributed by atoms with Crippen LogP contribution in [0.25, 0.3) is 0 Å². The van der Waals surface area contributed by atoms with Gasteiger partial charge in [0.2, 0.25) is 0 Å². The third-order valence-electron chi connectivity index (χ3n) is 2.89. The molecule has 1 aromatic heterocycles. The molecule has 0 unspecified atom stereocenters. The van der Waals surface area contributed by atoms with E-state index >= 15 is 0 Å². The Kier molecular flexibility index (Phi) is 4.29. The minimum Gasteiger partial charge on any atom is -0.492 e. The van der Waals surface area contributed by atoms with Gasteiger partial charge in [0.05, 0.1) is 12.2 Å². The minimum atomic E-state index is 0.0278. The van der Waals surface area contributed by atoms with Crippen LogP contribution >= 0.6 is 0 Å². The average molecular weight is 255 g/mol. The Labute approximate surface area is 113 Å². The fraction of sp³-hybridized carbons (Fsp3) is 0.250. The number of nitrogens with zero attached hydrogens (tertiary/aromatic N) is 1. The second kappa shape index (κ2) is 6.14. The van der Waals surface area contributed by atoms with Crippen molar-refractivity contribution in [1.82, 2.24) is 4.98 Å². The highest BCUT2D eigenvalue weighted by Crippen LogP contribution is 2.20. The predicted molar refractivity (Wildman–Crippen MR) is 74.6 cm³/mol. The summed E-state index contributed by atoms with van der Waals surface area (Å²) in [6, 6.07) is 9.59. The number of benzene rings is 1. The standard InChI is InChI=1S/C16H17NO2/c1-12-5-6-16(15(10-12)13(2)18)19-9-7-14-4-3-8-17-11-14/h3-6,8,10-11H,7,9H2,1-2H3. The molecule has 1 aromatic carbocycles. The van der Waals surface area contributed by atoms with Gasteiger partial charge < -0.3 is 4.74 Å². The summed E-state index contributed by atoms with van der Waals surface area (Å²) in [4.78, 5) is 15.6. The molecule has 0 amide bonds. The fourth-order valence-electron chi connectivity index (χ4n) is 1.87. The van der Waals surface area contributed by atoms with Crippen molar-refractivity contribution in [2.45, 2.75) is 20.3 Å². The number of aryl methyl sites for hydroxylation is 1. The molecule has 0 aliphatic carbocycles. The van der Waals surface area contributed by atoms with Gasteiger partial charge in [-0.25, -0.2) is 0 Å². The van der Waals surface area contributed by atoms with Crippen LogP contribution in [0.1, 0.15) is 28.4 Å². The van der Waals surface area contributed by atoms with Gasteiger partial charge >= 0.3 is 0 Å². The van der Waals surface area contributed by atoms with Crippen molar-refractivity contribution in [2.24, 2.45) is 0 Å². The zero-order chi connectivity index (χ0) is 13.7. The van der Waals surface area contributed by atoms with Gasteiger partial charge in [-0.05, 0) is 37.6 Å². The zero-order valence-electron chi connectivity index (χ0n) is 11.2. The van der Waals surface area contributed by atoms with E-state index in [0.717, 1.165) is 17.5 Å². The van der Waals surface area contributed by atoms with E-state index in [1.165, 1.54) is 0 Å². The summed E-state index contributed by atoms with van der Waals surface area (Å²) in [6.07, 6.45) is 4.35. The third-order valence-corrected chi connectivity index (χ3v) is 2.89. The van der Waals surface area contributed by atoms with Crippen LogP contribution in [-0.2, 0) is 6.42 Å². The molecule has 0 saturated carbocycles. The number of Topliss-reactive ketones (excluding diaryl/α,β-unsaturated/α-hetero) is 1. The lowest BCUT2D eigenvalue weighted by atomic mass is 10.1. The third kappa shape index (κ3) is 3.65. The van der Waals surface area contributed by atoms with Crippen molar-refractivity contribution >= 4 is 5.78 Å². The average Bonchev–Trinajstić information content (AvgIpc) is 2.41. The normalized spacial score (nSPS) is 10.2. The Hall–Kier alpha value is -2.16. The number of ketones is 1. The molecular weight excluding hydrogens is 238 g/mol. The molecule has 0 aliphatic heterocycles. The quantitative estimate of drug-likeness (QED) is 0.770. The molecule has 0 N–H and O–H groups in total. The number of hydrogen-bond donors (Lipinski definition) is 0. The van der Waals surface area contributed by atoms with E-state index in [1.807, 2.05) is 43.5 Å². The van der Waals surface area contributed by atoms with Crippen molar-refractivity contribution < 1.29 is 9.53 Å². The number of hydrogen-bond acceptors (Lipinski definition) is 3. The van der Waals surface area contributed by atoms with Gasteiger partial charge in [0.25, 0.3) is 0 Å². The number of carbonyl (C=O) groups is 1. The highest BCUT2D eigenvalue weighted by Gasteiger charge is 2.08. The van der Waals surface area contributed by atoms with Crippen molar-refractivity contribution in [2.75, 3.05) is 6.61 Å². The Bertz CT molecular complexity index is 564. The smallest absolute Gasteiger partial charge is 0.163 e. The van der Waals surface area contributed by atoms with Gasteiger partial charge in [-0.1, -0.05) is 17.7 Å². The Morgan fingerprint density at radius 1 is 1.32 bits per heavy atom. The second-order valence-corrected chi connectivity index (χ2v) is 4.52. The van der Waals surface area contributed by atoms with Crippen molar-refractivity contribution in [1.29, 1.82) is 0 Å². The van der Waals surface area contributed by atoms with E-state index in [9.17, 15) is 4.79 Å². The monoisotopic (exact) mass is 255 g/mol. The molecule has 2 aromatic rings. The van der Waals surface area contributed by atoms with E-state index < -0.39 is 0 Å². The molecular formula is C16H17NO2. The van der Waals surface area contributed by atoms with Gasteiger partial charge in [0.1, 0.15) is 5.75 Å². The summed E-state index contributed by atoms with van der Waals surface area (Å²) in [5.41, 5.74) is 2.83. The molecule has 0 spiro atoms. The highest BCUT2D eigenvalue weighted by atomic mass is 16.5. The second-order valence-electron chi connectivity index (χ2n) is 4.52. The van der Waals surface area contributed by atoms with Crippen LogP contribution in [0, 0.1) is 6.92 Å². The Balaban J connectivity index is 2.02. The topological polar surface area (TPSA) is 39.2 Å². The zero-order valence-corrected chi connectivity index (χ0v) is 11.2.